The summed E-state index contributed by atoms with van der Waals surface area (Å²) in [5.41, 5.74) is 8.46. The molecule has 1 saturated carbocycles. The highest BCUT2D eigenvalue weighted by Crippen LogP contribution is 2.29. The van der Waals surface area contributed by atoms with Crippen molar-refractivity contribution in [3.63, 3.8) is 0 Å². The standard InChI is InChI=1S/C16H19N3OS/c17-16(21)13-9-19-14-4-2-1-3-12(14)15(13)18-7-8-20-10-11-5-6-11/h1-4,9,11H,5-8,10H2,(H2,17,21)(H,18,19). The molecule has 1 aromatic heterocycles. The molecule has 110 valence electrons. The summed E-state index contributed by atoms with van der Waals surface area (Å²) in [6.45, 7) is 2.29. The molecule has 0 unspecified atom stereocenters. The molecule has 1 heterocycles. The number of hydrogen-bond donors (Lipinski definition) is 2. The fourth-order valence-electron chi connectivity index (χ4n) is 2.30. The fourth-order valence-corrected chi connectivity index (χ4v) is 2.46. The van der Waals surface area contributed by atoms with Crippen LogP contribution in [-0.2, 0) is 4.74 Å². The minimum atomic E-state index is 0.356. The normalized spacial score (nSPS) is 14.3. The number of thiocarbonyl (C=S) groups is 1. The van der Waals surface area contributed by atoms with E-state index < -0.39 is 0 Å². The molecule has 0 saturated heterocycles. The topological polar surface area (TPSA) is 60.2 Å². The summed E-state index contributed by atoms with van der Waals surface area (Å²) in [6, 6.07) is 7.96. The predicted molar refractivity (Wildman–Crippen MR) is 89.7 cm³/mol. The zero-order valence-electron chi connectivity index (χ0n) is 11.8. The first kappa shape index (κ1) is 14.2. The molecular weight excluding hydrogens is 282 g/mol. The predicted octanol–water partition coefficient (Wildman–Crippen LogP) is 2.71. The van der Waals surface area contributed by atoms with Crippen LogP contribution >= 0.6 is 12.2 Å². The number of nitrogens with zero attached hydrogens (tertiary/aromatic N) is 1. The van der Waals surface area contributed by atoms with E-state index >= 15 is 0 Å². The van der Waals surface area contributed by atoms with Gasteiger partial charge in [-0.3, -0.25) is 4.98 Å². The third kappa shape index (κ3) is 3.49. The largest absolute Gasteiger partial charge is 0.389 e. The van der Waals surface area contributed by atoms with Gasteiger partial charge in [-0.25, -0.2) is 0 Å². The van der Waals surface area contributed by atoms with Gasteiger partial charge in [-0.05, 0) is 24.8 Å². The molecule has 3 N–H and O–H groups in total. The summed E-state index contributed by atoms with van der Waals surface area (Å²) >= 11 is 5.12. The average Bonchev–Trinajstić information content (AvgIpc) is 3.30. The molecule has 3 rings (SSSR count). The van der Waals surface area contributed by atoms with Crippen molar-refractivity contribution in [1.29, 1.82) is 0 Å². The van der Waals surface area contributed by atoms with Crippen LogP contribution in [0.2, 0.25) is 0 Å². The van der Waals surface area contributed by atoms with Gasteiger partial charge in [0.2, 0.25) is 0 Å². The van der Waals surface area contributed by atoms with Crippen molar-refractivity contribution in [2.24, 2.45) is 11.7 Å². The highest BCUT2D eigenvalue weighted by Gasteiger charge is 2.20. The summed E-state index contributed by atoms with van der Waals surface area (Å²) in [5.74, 6) is 0.791. The molecule has 0 atom stereocenters. The van der Waals surface area contributed by atoms with E-state index in [1.165, 1.54) is 12.8 Å². The molecule has 21 heavy (non-hydrogen) atoms. The average molecular weight is 301 g/mol. The number of hydrogen-bond acceptors (Lipinski definition) is 4. The van der Waals surface area contributed by atoms with Gasteiger partial charge in [0.25, 0.3) is 0 Å². The van der Waals surface area contributed by atoms with E-state index in [1.54, 1.807) is 6.20 Å². The lowest BCUT2D eigenvalue weighted by molar-refractivity contribution is 0.134. The Balaban J connectivity index is 1.73. The molecule has 5 heteroatoms. The highest BCUT2D eigenvalue weighted by atomic mass is 32.1. The van der Waals surface area contributed by atoms with Crippen molar-refractivity contribution < 1.29 is 4.74 Å². The minimum absolute atomic E-state index is 0.356. The van der Waals surface area contributed by atoms with E-state index in [9.17, 15) is 0 Å². The van der Waals surface area contributed by atoms with Gasteiger partial charge in [0.05, 0.1) is 23.4 Å². The molecule has 0 bridgehead atoms. The molecule has 0 radical (unpaired) electrons. The molecule has 1 fully saturated rings. The number of nitrogens with two attached hydrogens (primary N) is 1. The number of anilines is 1. The Morgan fingerprint density at radius 2 is 2.19 bits per heavy atom. The van der Waals surface area contributed by atoms with E-state index in [0.29, 0.717) is 11.6 Å². The Kier molecular flexibility index (Phi) is 4.31. The third-order valence-corrected chi connectivity index (χ3v) is 3.86. The van der Waals surface area contributed by atoms with E-state index in [-0.39, 0.29) is 0 Å². The van der Waals surface area contributed by atoms with Crippen LogP contribution in [0, 0.1) is 5.92 Å². The van der Waals surface area contributed by atoms with Crippen LogP contribution in [-0.4, -0.2) is 29.7 Å². The first-order chi connectivity index (χ1) is 10.3. The fraction of sp³-hybridized carbons (Fsp3) is 0.375. The first-order valence-corrected chi connectivity index (χ1v) is 7.65. The van der Waals surface area contributed by atoms with Crippen LogP contribution in [0.4, 0.5) is 5.69 Å². The summed E-state index contributed by atoms with van der Waals surface area (Å²) < 4.78 is 5.65. The maximum Gasteiger partial charge on any atom is 0.107 e. The number of aromatic nitrogens is 1. The Morgan fingerprint density at radius 3 is 2.95 bits per heavy atom. The van der Waals surface area contributed by atoms with Crippen LogP contribution in [0.15, 0.2) is 30.5 Å². The number of rotatable bonds is 7. The number of fused-ring (bicyclic) bond motifs is 1. The highest BCUT2D eigenvalue weighted by molar-refractivity contribution is 7.80. The van der Waals surface area contributed by atoms with Crippen molar-refractivity contribution in [3.05, 3.63) is 36.0 Å². The second-order valence-electron chi connectivity index (χ2n) is 5.37. The first-order valence-electron chi connectivity index (χ1n) is 7.25. The Labute approximate surface area is 129 Å². The van der Waals surface area contributed by atoms with Crippen LogP contribution < -0.4 is 11.1 Å². The van der Waals surface area contributed by atoms with Gasteiger partial charge in [0.15, 0.2) is 0 Å². The molecule has 4 nitrogen and oxygen atoms in total. The van der Waals surface area contributed by atoms with Gasteiger partial charge < -0.3 is 15.8 Å². The zero-order chi connectivity index (χ0) is 14.7. The zero-order valence-corrected chi connectivity index (χ0v) is 12.7. The third-order valence-electron chi connectivity index (χ3n) is 3.64. The smallest absolute Gasteiger partial charge is 0.107 e. The maximum absolute atomic E-state index is 5.80. The second kappa shape index (κ2) is 6.37. The van der Waals surface area contributed by atoms with Gasteiger partial charge in [-0.1, -0.05) is 30.4 Å². The maximum atomic E-state index is 5.80. The Hall–Kier alpha value is -1.72. The molecule has 1 aliphatic carbocycles. The molecule has 0 amide bonds. The summed E-state index contributed by atoms with van der Waals surface area (Å²) in [4.78, 5) is 4.76. The van der Waals surface area contributed by atoms with Gasteiger partial charge in [-0.15, -0.1) is 0 Å². The number of ether oxygens (including phenoxy) is 1. The van der Waals surface area contributed by atoms with Crippen molar-refractivity contribution in [2.45, 2.75) is 12.8 Å². The second-order valence-corrected chi connectivity index (χ2v) is 5.81. The van der Waals surface area contributed by atoms with Crippen LogP contribution in [0.25, 0.3) is 10.9 Å². The van der Waals surface area contributed by atoms with Crippen molar-refractivity contribution in [1.82, 2.24) is 4.98 Å². The number of benzene rings is 1. The molecular formula is C16H19N3OS. The van der Waals surface area contributed by atoms with E-state index in [4.69, 9.17) is 22.7 Å². The molecule has 1 aliphatic rings. The lowest BCUT2D eigenvalue weighted by atomic mass is 10.1. The van der Waals surface area contributed by atoms with Crippen LogP contribution in [0.3, 0.4) is 0 Å². The van der Waals surface area contributed by atoms with E-state index in [1.807, 2.05) is 24.3 Å². The van der Waals surface area contributed by atoms with Gasteiger partial charge >= 0.3 is 0 Å². The SMILES string of the molecule is NC(=S)c1cnc2ccccc2c1NCCOCC1CC1. The van der Waals surface area contributed by atoms with Gasteiger partial charge in [0.1, 0.15) is 4.99 Å². The Morgan fingerprint density at radius 1 is 1.38 bits per heavy atom. The number of pyridine rings is 1. The van der Waals surface area contributed by atoms with Gasteiger partial charge in [0, 0.05) is 24.7 Å². The lowest BCUT2D eigenvalue weighted by Crippen LogP contribution is -2.17. The monoisotopic (exact) mass is 301 g/mol. The molecule has 1 aromatic carbocycles. The van der Waals surface area contributed by atoms with Crippen molar-refractivity contribution in [2.75, 3.05) is 25.1 Å². The van der Waals surface area contributed by atoms with Crippen molar-refractivity contribution >= 4 is 33.8 Å². The Bertz CT molecular complexity index is 655. The molecule has 0 aliphatic heterocycles. The van der Waals surface area contributed by atoms with Crippen LogP contribution in [0.1, 0.15) is 18.4 Å². The molecule has 0 spiro atoms. The van der Waals surface area contributed by atoms with Crippen LogP contribution in [0.5, 0.6) is 0 Å². The summed E-state index contributed by atoms with van der Waals surface area (Å²) in [7, 11) is 0. The summed E-state index contributed by atoms with van der Waals surface area (Å²) in [5, 5.41) is 4.43. The summed E-state index contributed by atoms with van der Waals surface area (Å²) in [6.07, 6.45) is 4.36. The lowest BCUT2D eigenvalue weighted by Gasteiger charge is -2.14. The number of nitrogens with one attached hydrogen (secondary N) is 1. The molecule has 2 aromatic rings. The quantitative estimate of drug-likeness (QED) is 0.608. The minimum Gasteiger partial charge on any atom is -0.389 e. The number of para-hydroxylation sites is 1. The van der Waals surface area contributed by atoms with E-state index in [0.717, 1.165) is 41.2 Å². The van der Waals surface area contributed by atoms with Crippen molar-refractivity contribution in [3.8, 4) is 0 Å². The van der Waals surface area contributed by atoms with E-state index in [2.05, 4.69) is 10.3 Å². The van der Waals surface area contributed by atoms with Gasteiger partial charge in [-0.2, -0.15) is 0 Å².